The predicted octanol–water partition coefficient (Wildman–Crippen LogP) is -0.0621. The molecule has 0 unspecified atom stereocenters. The van der Waals surface area contributed by atoms with Crippen LogP contribution in [0.3, 0.4) is 0 Å². The second-order valence-electron chi connectivity index (χ2n) is 2.61. The Kier molecular flexibility index (Phi) is 4.60. The van der Waals surface area contributed by atoms with Gasteiger partial charge in [-0.1, -0.05) is 0 Å². The quantitative estimate of drug-likeness (QED) is 0.231. The first-order valence-corrected chi connectivity index (χ1v) is 4.29. The number of nitrogens with zero attached hydrogens (tertiary/aromatic N) is 2. The van der Waals surface area contributed by atoms with Crippen LogP contribution in [-0.4, -0.2) is 31.1 Å². The molecule has 0 saturated heterocycles. The summed E-state index contributed by atoms with van der Waals surface area (Å²) in [5.41, 5.74) is 3.40. The zero-order valence-electron chi connectivity index (χ0n) is 8.10. The van der Waals surface area contributed by atoms with Gasteiger partial charge in [-0.2, -0.15) is 0 Å². The van der Waals surface area contributed by atoms with Crippen LogP contribution in [0.15, 0.2) is 29.5 Å². The van der Waals surface area contributed by atoms with Crippen molar-refractivity contribution in [2.45, 2.75) is 0 Å². The normalized spacial score (nSPS) is 11.4. The van der Waals surface area contributed by atoms with Gasteiger partial charge in [-0.25, -0.2) is 5.84 Å². The zero-order chi connectivity index (χ0) is 10.2. The maximum atomic E-state index is 5.34. The van der Waals surface area contributed by atoms with Gasteiger partial charge >= 0.3 is 0 Å². The van der Waals surface area contributed by atoms with Crippen molar-refractivity contribution in [2.75, 3.05) is 20.3 Å². The van der Waals surface area contributed by atoms with Gasteiger partial charge in [-0.3, -0.25) is 9.98 Å². The van der Waals surface area contributed by atoms with Gasteiger partial charge < -0.3 is 10.2 Å². The number of hydrogen-bond donors (Lipinski definition) is 2. The maximum absolute atomic E-state index is 5.34. The lowest BCUT2D eigenvalue weighted by molar-refractivity contribution is 0.208. The average Bonchev–Trinajstić information content (AvgIpc) is 2.26. The smallest absolute Gasteiger partial charge is 0.144 e. The second-order valence-corrected chi connectivity index (χ2v) is 2.61. The van der Waals surface area contributed by atoms with Gasteiger partial charge in [0.15, 0.2) is 0 Å². The molecular formula is C9H14N4O. The summed E-state index contributed by atoms with van der Waals surface area (Å²) in [5, 5.41) is 0. The highest BCUT2D eigenvalue weighted by molar-refractivity contribution is 5.98. The summed E-state index contributed by atoms with van der Waals surface area (Å²) in [6.45, 7) is 1.15. The fraction of sp³-hybridized carbons (Fsp3) is 0.333. The van der Waals surface area contributed by atoms with E-state index in [1.165, 1.54) is 0 Å². The molecule has 1 aromatic rings. The van der Waals surface area contributed by atoms with Crippen LogP contribution in [0.25, 0.3) is 0 Å². The van der Waals surface area contributed by atoms with Crippen LogP contribution >= 0.6 is 0 Å². The molecule has 0 aliphatic carbocycles. The Morgan fingerprint density at radius 1 is 1.71 bits per heavy atom. The third-order valence-corrected chi connectivity index (χ3v) is 1.64. The van der Waals surface area contributed by atoms with Crippen LogP contribution < -0.4 is 11.3 Å². The number of ether oxygens (including phenoxy) is 1. The summed E-state index contributed by atoms with van der Waals surface area (Å²) in [4.78, 5) is 8.19. The lowest BCUT2D eigenvalue weighted by Crippen LogP contribution is -2.31. The highest BCUT2D eigenvalue weighted by atomic mass is 16.5. The first kappa shape index (κ1) is 10.6. The van der Waals surface area contributed by atoms with Gasteiger partial charge in [0.05, 0.1) is 13.2 Å². The van der Waals surface area contributed by atoms with E-state index in [0.717, 1.165) is 5.56 Å². The van der Waals surface area contributed by atoms with E-state index in [9.17, 15) is 0 Å². The molecule has 1 heterocycles. The molecule has 0 atom stereocenters. The monoisotopic (exact) mass is 194 g/mol. The summed E-state index contributed by atoms with van der Waals surface area (Å²) >= 11 is 0. The molecule has 1 rings (SSSR count). The molecule has 76 valence electrons. The minimum absolute atomic E-state index is 0.574. The van der Waals surface area contributed by atoms with E-state index in [2.05, 4.69) is 15.4 Å². The van der Waals surface area contributed by atoms with Crippen molar-refractivity contribution in [1.29, 1.82) is 0 Å². The summed E-state index contributed by atoms with van der Waals surface area (Å²) < 4.78 is 4.88. The molecule has 5 heteroatoms. The number of nitrogens with two attached hydrogens (primary N) is 1. The molecule has 0 aliphatic heterocycles. The highest BCUT2D eigenvalue weighted by Crippen LogP contribution is 1.95. The fourth-order valence-electron chi connectivity index (χ4n) is 0.972. The molecule has 14 heavy (non-hydrogen) atoms. The van der Waals surface area contributed by atoms with Crippen LogP contribution in [-0.2, 0) is 4.74 Å². The predicted molar refractivity (Wildman–Crippen MR) is 54.8 cm³/mol. The van der Waals surface area contributed by atoms with Crippen molar-refractivity contribution in [3.63, 3.8) is 0 Å². The van der Waals surface area contributed by atoms with E-state index >= 15 is 0 Å². The molecular weight excluding hydrogens is 180 g/mol. The van der Waals surface area contributed by atoms with Gasteiger partial charge in [0, 0.05) is 25.1 Å². The number of hydrogen-bond acceptors (Lipinski definition) is 4. The lowest BCUT2D eigenvalue weighted by Gasteiger charge is -2.04. The van der Waals surface area contributed by atoms with Crippen molar-refractivity contribution in [1.82, 2.24) is 10.4 Å². The van der Waals surface area contributed by atoms with E-state index in [1.807, 2.05) is 12.1 Å². The van der Waals surface area contributed by atoms with Crippen LogP contribution in [0.4, 0.5) is 0 Å². The van der Waals surface area contributed by atoms with Gasteiger partial charge in [0.1, 0.15) is 5.84 Å². The Labute approximate surface area is 83.0 Å². The summed E-state index contributed by atoms with van der Waals surface area (Å²) in [6.07, 6.45) is 3.40. The number of amidine groups is 1. The van der Waals surface area contributed by atoms with E-state index in [1.54, 1.807) is 19.5 Å². The summed E-state index contributed by atoms with van der Waals surface area (Å²) in [7, 11) is 1.63. The van der Waals surface area contributed by atoms with Crippen LogP contribution in [0.1, 0.15) is 5.56 Å². The molecule has 5 nitrogen and oxygen atoms in total. The molecule has 0 fully saturated rings. The largest absolute Gasteiger partial charge is 0.383 e. The third kappa shape index (κ3) is 3.12. The standard InChI is InChI=1S/C9H14N4O/c1-14-6-5-12-9(13-10)8-3-2-4-11-7-8/h2-4,7H,5-6,10H2,1H3,(H,12,13). The number of pyridine rings is 1. The summed E-state index contributed by atoms with van der Waals surface area (Å²) in [5.74, 6) is 5.96. The Hall–Kier alpha value is -1.46. The highest BCUT2D eigenvalue weighted by Gasteiger charge is 1.99. The SMILES string of the molecule is COCCN=C(NN)c1cccnc1. The molecule has 3 N–H and O–H groups in total. The number of nitrogens with one attached hydrogen (secondary N) is 1. The number of rotatable bonds is 4. The number of aliphatic imine (C=N–C) groups is 1. The van der Waals surface area contributed by atoms with Crippen LogP contribution in [0.5, 0.6) is 0 Å². The van der Waals surface area contributed by atoms with Crippen molar-refractivity contribution in [3.05, 3.63) is 30.1 Å². The van der Waals surface area contributed by atoms with E-state index in [4.69, 9.17) is 10.6 Å². The Morgan fingerprint density at radius 2 is 2.57 bits per heavy atom. The van der Waals surface area contributed by atoms with Crippen molar-refractivity contribution < 1.29 is 4.74 Å². The Morgan fingerprint density at radius 3 is 3.14 bits per heavy atom. The Bertz CT molecular complexity index is 286. The molecule has 0 spiro atoms. The average molecular weight is 194 g/mol. The van der Waals surface area contributed by atoms with Gasteiger partial charge in [0.2, 0.25) is 0 Å². The Balaban J connectivity index is 2.67. The molecule has 0 saturated carbocycles. The molecule has 0 radical (unpaired) electrons. The zero-order valence-corrected chi connectivity index (χ0v) is 8.10. The van der Waals surface area contributed by atoms with Crippen LogP contribution in [0, 0.1) is 0 Å². The maximum Gasteiger partial charge on any atom is 0.144 e. The van der Waals surface area contributed by atoms with E-state index in [0.29, 0.717) is 19.0 Å². The van der Waals surface area contributed by atoms with Crippen molar-refractivity contribution in [3.8, 4) is 0 Å². The van der Waals surface area contributed by atoms with Gasteiger partial charge in [0.25, 0.3) is 0 Å². The minimum atomic E-state index is 0.574. The van der Waals surface area contributed by atoms with E-state index < -0.39 is 0 Å². The lowest BCUT2D eigenvalue weighted by atomic mass is 10.3. The van der Waals surface area contributed by atoms with Crippen molar-refractivity contribution in [2.24, 2.45) is 10.8 Å². The summed E-state index contributed by atoms with van der Waals surface area (Å²) in [6, 6.07) is 3.72. The van der Waals surface area contributed by atoms with Crippen molar-refractivity contribution >= 4 is 5.84 Å². The second kappa shape index (κ2) is 6.06. The molecule has 0 aromatic carbocycles. The van der Waals surface area contributed by atoms with Gasteiger partial charge in [-0.05, 0) is 12.1 Å². The first-order chi connectivity index (χ1) is 6.88. The molecule has 0 aliphatic rings. The third-order valence-electron chi connectivity index (χ3n) is 1.64. The number of hydrazine groups is 1. The number of aromatic nitrogens is 1. The minimum Gasteiger partial charge on any atom is -0.383 e. The van der Waals surface area contributed by atoms with Gasteiger partial charge in [-0.15, -0.1) is 0 Å². The molecule has 0 amide bonds. The van der Waals surface area contributed by atoms with E-state index in [-0.39, 0.29) is 0 Å². The fourth-order valence-corrected chi connectivity index (χ4v) is 0.972. The first-order valence-electron chi connectivity index (χ1n) is 4.29. The topological polar surface area (TPSA) is 72.5 Å². The molecule has 0 bridgehead atoms. The van der Waals surface area contributed by atoms with Crippen LogP contribution in [0.2, 0.25) is 0 Å². The molecule has 1 aromatic heterocycles. The number of methoxy groups -OCH3 is 1.